The minimum atomic E-state index is 0.161. The maximum absolute atomic E-state index is 4.36. The Balaban J connectivity index is 1.31. The molecule has 216 valence electrons. The van der Waals surface area contributed by atoms with Crippen molar-refractivity contribution >= 4 is 57.2 Å². The highest BCUT2D eigenvalue weighted by Gasteiger charge is 2.43. The summed E-state index contributed by atoms with van der Waals surface area (Å²) in [6, 6.07) is 47.3. The number of hydrogen-bond donors (Lipinski definition) is 0. The van der Waals surface area contributed by atoms with E-state index in [2.05, 4.69) is 136 Å². The summed E-state index contributed by atoms with van der Waals surface area (Å²) in [5, 5.41) is 0. The highest BCUT2D eigenvalue weighted by Crippen LogP contribution is 2.46. The summed E-state index contributed by atoms with van der Waals surface area (Å²) in [5.41, 5.74) is 15.4. The first-order chi connectivity index (χ1) is 22.3. The quantitative estimate of drug-likeness (QED) is 0.194. The highest BCUT2D eigenvalue weighted by atomic mass is 15.2. The van der Waals surface area contributed by atoms with E-state index in [1.165, 1.54) is 93.7 Å². The zero-order valence-corrected chi connectivity index (χ0v) is 25.3. The number of para-hydroxylation sites is 3. The van der Waals surface area contributed by atoms with Crippen LogP contribution in [0.3, 0.4) is 0 Å². The van der Waals surface area contributed by atoms with Crippen LogP contribution in [-0.2, 0) is 0 Å². The molecule has 0 amide bonds. The molecule has 45 heavy (non-hydrogen) atoms. The molecule has 4 heteroatoms. The lowest BCUT2D eigenvalue weighted by atomic mass is 9.33. The van der Waals surface area contributed by atoms with Crippen LogP contribution in [0, 0.1) is 0 Å². The van der Waals surface area contributed by atoms with E-state index in [9.17, 15) is 0 Å². The van der Waals surface area contributed by atoms with Crippen molar-refractivity contribution in [2.75, 3.05) is 9.80 Å². The number of hydrogen-bond acceptors (Lipinski definition) is 3. The van der Waals surface area contributed by atoms with Gasteiger partial charge in [0.25, 0.3) is 6.71 Å². The molecule has 0 radical (unpaired) electrons. The number of nitrogens with zero attached hydrogens (tertiary/aromatic N) is 3. The second kappa shape index (κ2) is 10.8. The molecule has 5 aromatic carbocycles. The fourth-order valence-electron chi connectivity index (χ4n) is 8.06. The summed E-state index contributed by atoms with van der Waals surface area (Å²) in [6.45, 7) is 0.161. The van der Waals surface area contributed by atoms with Gasteiger partial charge in [0.2, 0.25) is 0 Å². The minimum Gasteiger partial charge on any atom is -0.311 e. The van der Waals surface area contributed by atoms with Gasteiger partial charge in [-0.15, -0.1) is 0 Å². The molecule has 1 fully saturated rings. The number of aromatic nitrogens is 1. The van der Waals surface area contributed by atoms with Gasteiger partial charge in [0.15, 0.2) is 0 Å². The lowest BCUT2D eigenvalue weighted by Gasteiger charge is -2.44. The van der Waals surface area contributed by atoms with Crippen molar-refractivity contribution in [1.29, 1.82) is 0 Å². The number of fused-ring (bicyclic) bond motifs is 4. The van der Waals surface area contributed by atoms with Crippen LogP contribution in [0.25, 0.3) is 11.1 Å². The molecule has 0 saturated heterocycles. The van der Waals surface area contributed by atoms with Crippen LogP contribution >= 0.6 is 0 Å². The van der Waals surface area contributed by atoms with Crippen molar-refractivity contribution in [3.63, 3.8) is 0 Å². The molecule has 1 aliphatic carbocycles. The zero-order valence-electron chi connectivity index (χ0n) is 25.3. The van der Waals surface area contributed by atoms with Gasteiger partial charge in [-0.25, -0.2) is 0 Å². The Labute approximate surface area is 265 Å². The molecule has 6 aromatic rings. The van der Waals surface area contributed by atoms with Gasteiger partial charge in [0, 0.05) is 46.5 Å². The average Bonchev–Trinajstić information content (AvgIpc) is 3.12. The molecule has 3 heterocycles. The molecular weight excluding hydrogens is 545 g/mol. The average molecular weight is 580 g/mol. The van der Waals surface area contributed by atoms with Gasteiger partial charge >= 0.3 is 0 Å². The fourth-order valence-corrected chi connectivity index (χ4v) is 8.06. The predicted molar refractivity (Wildman–Crippen MR) is 190 cm³/mol. The van der Waals surface area contributed by atoms with Crippen molar-refractivity contribution in [2.45, 2.75) is 38.0 Å². The largest absolute Gasteiger partial charge is 0.311 e. The molecule has 1 aromatic heterocycles. The molecule has 0 atom stereocenters. The van der Waals surface area contributed by atoms with Gasteiger partial charge < -0.3 is 9.80 Å². The van der Waals surface area contributed by atoms with Crippen LogP contribution < -0.4 is 26.2 Å². The lowest BCUT2D eigenvalue weighted by molar-refractivity contribution is 0.444. The Hall–Kier alpha value is -5.09. The van der Waals surface area contributed by atoms with Gasteiger partial charge in [-0.1, -0.05) is 92.1 Å². The van der Waals surface area contributed by atoms with Crippen LogP contribution in [0.15, 0.2) is 140 Å². The minimum absolute atomic E-state index is 0.161. The SMILES string of the molecule is c1ccc(N2c3ccccc3B3c4ccccc4N(c4ccc(-c5cccnc5)cc4)c4cc(C5CCCCC5)cc2c43)cc1. The maximum Gasteiger partial charge on any atom is 0.252 e. The molecule has 0 unspecified atom stereocenters. The van der Waals surface area contributed by atoms with Crippen molar-refractivity contribution in [3.8, 4) is 11.1 Å². The number of anilines is 6. The first-order valence-corrected chi connectivity index (χ1v) is 16.4. The van der Waals surface area contributed by atoms with E-state index in [0.717, 1.165) is 5.56 Å². The second-order valence-electron chi connectivity index (χ2n) is 12.7. The normalized spacial score (nSPS) is 15.3. The first kappa shape index (κ1) is 26.3. The van der Waals surface area contributed by atoms with Gasteiger partial charge in [-0.3, -0.25) is 4.98 Å². The smallest absolute Gasteiger partial charge is 0.252 e. The Kier molecular flexibility index (Phi) is 6.33. The molecule has 0 spiro atoms. The van der Waals surface area contributed by atoms with Gasteiger partial charge in [-0.05, 0) is 106 Å². The topological polar surface area (TPSA) is 19.4 Å². The van der Waals surface area contributed by atoms with Crippen LogP contribution in [0.2, 0.25) is 0 Å². The van der Waals surface area contributed by atoms with Gasteiger partial charge in [0.1, 0.15) is 0 Å². The van der Waals surface area contributed by atoms with E-state index in [-0.39, 0.29) is 6.71 Å². The van der Waals surface area contributed by atoms with Crippen molar-refractivity contribution < 1.29 is 0 Å². The maximum atomic E-state index is 4.36. The van der Waals surface area contributed by atoms with E-state index in [1.807, 2.05) is 18.5 Å². The Morgan fingerprint density at radius 3 is 1.76 bits per heavy atom. The molecule has 1 saturated carbocycles. The standard InChI is InChI=1S/C41H34BN3/c1-3-12-29(13-4-1)32-26-39-41-40(27-32)45(34-23-21-30(22-24-34)31-14-11-25-43-28-31)38-20-10-8-18-36(38)42(41)35-17-7-9-19-37(35)44(39)33-15-5-2-6-16-33/h2,5-11,14-29H,1,3-4,12-13H2. The predicted octanol–water partition coefficient (Wildman–Crippen LogP) is 8.88. The van der Waals surface area contributed by atoms with Crippen LogP contribution in [0.1, 0.15) is 43.6 Å². The molecule has 0 bridgehead atoms. The molecule has 3 nitrogen and oxygen atoms in total. The molecular formula is C41H34BN3. The summed E-state index contributed by atoms with van der Waals surface area (Å²) in [5.74, 6) is 0.584. The number of rotatable bonds is 4. The van der Waals surface area contributed by atoms with E-state index in [0.29, 0.717) is 5.92 Å². The van der Waals surface area contributed by atoms with Crippen molar-refractivity contribution in [1.82, 2.24) is 4.98 Å². The Bertz CT molecular complexity index is 2000. The molecule has 0 N–H and O–H groups in total. The van der Waals surface area contributed by atoms with Crippen molar-refractivity contribution in [2.24, 2.45) is 0 Å². The summed E-state index contributed by atoms with van der Waals surface area (Å²) < 4.78 is 0. The van der Waals surface area contributed by atoms with Crippen LogP contribution in [-0.4, -0.2) is 11.7 Å². The third-order valence-corrected chi connectivity index (χ3v) is 10.1. The second-order valence-corrected chi connectivity index (χ2v) is 12.7. The van der Waals surface area contributed by atoms with Gasteiger partial charge in [0.05, 0.1) is 0 Å². The zero-order chi connectivity index (χ0) is 29.7. The monoisotopic (exact) mass is 579 g/mol. The number of benzene rings is 5. The van der Waals surface area contributed by atoms with E-state index < -0.39 is 0 Å². The summed E-state index contributed by atoms with van der Waals surface area (Å²) in [6.07, 6.45) is 10.3. The first-order valence-electron chi connectivity index (χ1n) is 16.4. The molecule has 2 aliphatic heterocycles. The summed E-state index contributed by atoms with van der Waals surface area (Å²) in [4.78, 5) is 9.41. The molecule has 9 rings (SSSR count). The van der Waals surface area contributed by atoms with E-state index in [4.69, 9.17) is 0 Å². The highest BCUT2D eigenvalue weighted by molar-refractivity contribution is 7.00. The third-order valence-electron chi connectivity index (χ3n) is 10.1. The summed E-state index contributed by atoms with van der Waals surface area (Å²) in [7, 11) is 0. The Morgan fingerprint density at radius 1 is 0.533 bits per heavy atom. The fraction of sp³-hybridized carbons (Fsp3) is 0.146. The summed E-state index contributed by atoms with van der Waals surface area (Å²) >= 11 is 0. The Morgan fingerprint density at radius 2 is 1.13 bits per heavy atom. The van der Waals surface area contributed by atoms with Gasteiger partial charge in [-0.2, -0.15) is 0 Å². The van der Waals surface area contributed by atoms with E-state index in [1.54, 1.807) is 0 Å². The third kappa shape index (κ3) is 4.31. The van der Waals surface area contributed by atoms with Crippen molar-refractivity contribution in [3.05, 3.63) is 145 Å². The lowest BCUT2D eigenvalue weighted by Crippen LogP contribution is -2.61. The van der Waals surface area contributed by atoms with Crippen LogP contribution in [0.5, 0.6) is 0 Å². The van der Waals surface area contributed by atoms with E-state index >= 15 is 0 Å². The van der Waals surface area contributed by atoms with Crippen LogP contribution in [0.4, 0.5) is 34.1 Å². The molecule has 3 aliphatic rings. The number of pyridine rings is 1.